The molecule has 4 aromatic rings. The van der Waals surface area contributed by atoms with Gasteiger partial charge in [-0.2, -0.15) is 0 Å². The summed E-state index contributed by atoms with van der Waals surface area (Å²) in [7, 11) is 0. The number of aromatic nitrogens is 1. The van der Waals surface area contributed by atoms with Crippen molar-refractivity contribution < 1.29 is 5.21 Å². The Labute approximate surface area is 213 Å². The number of oxime groups is 1. The van der Waals surface area contributed by atoms with Gasteiger partial charge in [0, 0.05) is 41.0 Å². The predicted molar refractivity (Wildman–Crippen MR) is 148 cm³/mol. The molecule has 0 radical (unpaired) electrons. The Morgan fingerprint density at radius 2 is 1.75 bits per heavy atom. The third-order valence-electron chi connectivity index (χ3n) is 7.18. The highest BCUT2D eigenvalue weighted by Crippen LogP contribution is 2.27. The summed E-state index contributed by atoms with van der Waals surface area (Å²) in [6.07, 6.45) is 4.34. The SMILES string of the molecule is Cc1cc(Nc2cccc(/C(CCN3CCC(Cc4ccccc4)CC3)=N/O)c2)c2ccccc2n1. The van der Waals surface area contributed by atoms with Gasteiger partial charge in [0.2, 0.25) is 0 Å². The van der Waals surface area contributed by atoms with Crippen LogP contribution in [0.4, 0.5) is 11.4 Å². The summed E-state index contributed by atoms with van der Waals surface area (Å²) in [6, 6.07) is 29.2. The summed E-state index contributed by atoms with van der Waals surface area (Å²) in [5.74, 6) is 0.755. The molecule has 0 saturated carbocycles. The molecule has 1 aliphatic heterocycles. The number of piperidine rings is 1. The quantitative estimate of drug-likeness (QED) is 0.166. The van der Waals surface area contributed by atoms with Gasteiger partial charge in [-0.3, -0.25) is 4.98 Å². The molecule has 0 amide bonds. The molecule has 2 N–H and O–H groups in total. The van der Waals surface area contributed by atoms with E-state index in [4.69, 9.17) is 0 Å². The van der Waals surface area contributed by atoms with Gasteiger partial charge in [0.05, 0.1) is 11.2 Å². The van der Waals surface area contributed by atoms with Crippen LogP contribution in [0, 0.1) is 12.8 Å². The molecule has 36 heavy (non-hydrogen) atoms. The van der Waals surface area contributed by atoms with Crippen molar-refractivity contribution in [3.63, 3.8) is 0 Å². The van der Waals surface area contributed by atoms with E-state index in [-0.39, 0.29) is 0 Å². The van der Waals surface area contributed by atoms with Gasteiger partial charge in [-0.15, -0.1) is 0 Å². The minimum Gasteiger partial charge on any atom is -0.411 e. The Bertz CT molecular complexity index is 1330. The van der Waals surface area contributed by atoms with E-state index in [0.29, 0.717) is 0 Å². The normalized spacial score (nSPS) is 15.3. The lowest BCUT2D eigenvalue weighted by Gasteiger charge is -2.32. The highest BCUT2D eigenvalue weighted by Gasteiger charge is 2.20. The number of likely N-dealkylation sites (tertiary alicyclic amines) is 1. The summed E-state index contributed by atoms with van der Waals surface area (Å²) in [5.41, 5.74) is 7.03. The number of pyridine rings is 1. The minimum atomic E-state index is 0.723. The largest absolute Gasteiger partial charge is 0.411 e. The average molecular weight is 479 g/mol. The summed E-state index contributed by atoms with van der Waals surface area (Å²) in [4.78, 5) is 7.13. The molecular weight excluding hydrogens is 444 g/mol. The second-order valence-corrected chi connectivity index (χ2v) is 9.81. The zero-order valence-electron chi connectivity index (χ0n) is 20.9. The maximum Gasteiger partial charge on any atom is 0.0881 e. The molecule has 0 atom stereocenters. The van der Waals surface area contributed by atoms with E-state index in [0.717, 1.165) is 71.2 Å². The van der Waals surface area contributed by atoms with Crippen molar-refractivity contribution in [1.29, 1.82) is 0 Å². The first-order valence-corrected chi connectivity index (χ1v) is 12.9. The van der Waals surface area contributed by atoms with E-state index in [1.807, 2.05) is 43.3 Å². The summed E-state index contributed by atoms with van der Waals surface area (Å²) in [5, 5.41) is 18.1. The summed E-state index contributed by atoms with van der Waals surface area (Å²) < 4.78 is 0. The van der Waals surface area contributed by atoms with Crippen LogP contribution in [0.15, 0.2) is 90.1 Å². The lowest BCUT2D eigenvalue weighted by molar-refractivity contribution is 0.188. The molecule has 0 spiro atoms. The van der Waals surface area contributed by atoms with Gasteiger partial charge in [-0.1, -0.05) is 65.8 Å². The zero-order chi connectivity index (χ0) is 24.7. The third-order valence-corrected chi connectivity index (χ3v) is 7.18. The van der Waals surface area contributed by atoms with Gasteiger partial charge < -0.3 is 15.4 Å². The monoisotopic (exact) mass is 478 g/mol. The smallest absolute Gasteiger partial charge is 0.0881 e. The van der Waals surface area contributed by atoms with Crippen LogP contribution in [-0.4, -0.2) is 40.4 Å². The highest BCUT2D eigenvalue weighted by molar-refractivity contribution is 6.01. The van der Waals surface area contributed by atoms with Gasteiger partial charge in [-0.05, 0) is 75.0 Å². The number of benzene rings is 3. The second-order valence-electron chi connectivity index (χ2n) is 9.81. The molecule has 5 nitrogen and oxygen atoms in total. The van der Waals surface area contributed by atoms with E-state index in [1.165, 1.54) is 24.8 Å². The number of nitrogens with one attached hydrogen (secondary N) is 1. The van der Waals surface area contributed by atoms with E-state index in [2.05, 4.69) is 68.9 Å². The Hall–Kier alpha value is -3.70. The van der Waals surface area contributed by atoms with Crippen molar-refractivity contribution >= 4 is 28.0 Å². The molecule has 0 unspecified atom stereocenters. The minimum absolute atomic E-state index is 0.723. The van der Waals surface area contributed by atoms with Crippen molar-refractivity contribution in [2.45, 2.75) is 32.6 Å². The van der Waals surface area contributed by atoms with Crippen molar-refractivity contribution in [3.8, 4) is 0 Å². The van der Waals surface area contributed by atoms with Crippen LogP contribution in [0.2, 0.25) is 0 Å². The number of nitrogens with zero attached hydrogens (tertiary/aromatic N) is 3. The Balaban J connectivity index is 1.19. The van der Waals surface area contributed by atoms with Crippen LogP contribution in [0.1, 0.15) is 36.1 Å². The van der Waals surface area contributed by atoms with Crippen LogP contribution < -0.4 is 5.32 Å². The maximum absolute atomic E-state index is 9.81. The van der Waals surface area contributed by atoms with Crippen molar-refractivity contribution in [1.82, 2.24) is 9.88 Å². The molecule has 1 fully saturated rings. The Morgan fingerprint density at radius 3 is 2.56 bits per heavy atom. The second kappa shape index (κ2) is 11.4. The van der Waals surface area contributed by atoms with Gasteiger partial charge in [0.1, 0.15) is 0 Å². The third kappa shape index (κ3) is 5.92. The summed E-state index contributed by atoms with van der Waals surface area (Å²) >= 11 is 0. The van der Waals surface area contributed by atoms with E-state index < -0.39 is 0 Å². The lowest BCUT2D eigenvalue weighted by Crippen LogP contribution is -2.35. The lowest BCUT2D eigenvalue weighted by atomic mass is 9.90. The fourth-order valence-electron chi connectivity index (χ4n) is 5.22. The number of aryl methyl sites for hydroxylation is 1. The molecule has 1 aromatic heterocycles. The highest BCUT2D eigenvalue weighted by atomic mass is 16.4. The molecule has 5 rings (SSSR count). The van der Waals surface area contributed by atoms with E-state index >= 15 is 0 Å². The molecule has 5 heteroatoms. The van der Waals surface area contributed by atoms with Gasteiger partial charge in [0.15, 0.2) is 0 Å². The number of rotatable bonds is 8. The standard InChI is InChI=1S/C31H34N4O/c1-23-20-31(28-12-5-6-13-30(28)32-23)33-27-11-7-10-26(22-27)29(34-36)16-19-35-17-14-25(15-18-35)21-24-8-3-2-4-9-24/h2-13,20,22,25,36H,14-19,21H2,1H3,(H,32,33)/b34-29+. The van der Waals surface area contributed by atoms with Crippen molar-refractivity contribution in [3.05, 3.63) is 102 Å². The first-order valence-electron chi connectivity index (χ1n) is 12.9. The first kappa shape index (κ1) is 24.0. The van der Waals surface area contributed by atoms with Crippen LogP contribution in [-0.2, 0) is 6.42 Å². The summed E-state index contributed by atoms with van der Waals surface area (Å²) in [6.45, 7) is 5.12. The number of para-hydroxylation sites is 1. The first-order chi connectivity index (χ1) is 17.7. The predicted octanol–water partition coefficient (Wildman–Crippen LogP) is 6.81. The fourth-order valence-corrected chi connectivity index (χ4v) is 5.22. The topological polar surface area (TPSA) is 60.8 Å². The number of anilines is 2. The Morgan fingerprint density at radius 1 is 0.972 bits per heavy atom. The molecule has 0 aliphatic carbocycles. The van der Waals surface area contributed by atoms with Gasteiger partial charge in [0.25, 0.3) is 0 Å². The maximum atomic E-state index is 9.81. The molecule has 1 aliphatic rings. The molecule has 1 saturated heterocycles. The van der Waals surface area contributed by atoms with Crippen molar-refractivity contribution in [2.24, 2.45) is 11.1 Å². The number of fused-ring (bicyclic) bond motifs is 1. The molecule has 2 heterocycles. The van der Waals surface area contributed by atoms with Crippen LogP contribution in [0.3, 0.4) is 0 Å². The number of hydrogen-bond acceptors (Lipinski definition) is 5. The number of hydrogen-bond donors (Lipinski definition) is 2. The molecular formula is C31H34N4O. The van der Waals surface area contributed by atoms with Crippen LogP contribution in [0.5, 0.6) is 0 Å². The molecule has 0 bridgehead atoms. The van der Waals surface area contributed by atoms with Gasteiger partial charge >= 0.3 is 0 Å². The van der Waals surface area contributed by atoms with Crippen molar-refractivity contribution in [2.75, 3.05) is 25.0 Å². The molecule has 3 aromatic carbocycles. The van der Waals surface area contributed by atoms with E-state index in [1.54, 1.807) is 0 Å². The van der Waals surface area contributed by atoms with E-state index in [9.17, 15) is 5.21 Å². The molecule has 184 valence electrons. The fraction of sp³-hybridized carbons (Fsp3) is 0.290. The van der Waals surface area contributed by atoms with Crippen LogP contribution in [0.25, 0.3) is 10.9 Å². The van der Waals surface area contributed by atoms with Gasteiger partial charge in [-0.25, -0.2) is 0 Å². The zero-order valence-corrected chi connectivity index (χ0v) is 20.9. The average Bonchev–Trinajstić information content (AvgIpc) is 2.91. The Kier molecular flexibility index (Phi) is 7.58. The van der Waals surface area contributed by atoms with Crippen LogP contribution >= 0.6 is 0 Å².